The lowest BCUT2D eigenvalue weighted by molar-refractivity contribution is 0.0854. The van der Waals surface area contributed by atoms with Crippen molar-refractivity contribution in [1.29, 1.82) is 0 Å². The molecular formula is C23H23FN2O4. The summed E-state index contributed by atoms with van der Waals surface area (Å²) in [4.78, 5) is 17.4. The van der Waals surface area contributed by atoms with Gasteiger partial charge in [0.1, 0.15) is 11.4 Å². The molecule has 1 aliphatic heterocycles. The van der Waals surface area contributed by atoms with Crippen molar-refractivity contribution in [1.82, 2.24) is 5.32 Å². The number of nitrogens with zero attached hydrogens (tertiary/aromatic N) is 1. The molecule has 0 spiro atoms. The van der Waals surface area contributed by atoms with Crippen LogP contribution in [-0.2, 0) is 4.74 Å². The van der Waals surface area contributed by atoms with Gasteiger partial charge in [0.05, 0.1) is 18.9 Å². The van der Waals surface area contributed by atoms with Crippen LogP contribution in [0.1, 0.15) is 28.8 Å². The topological polar surface area (TPSA) is 73.1 Å². The Labute approximate surface area is 173 Å². The van der Waals surface area contributed by atoms with Gasteiger partial charge in [0.25, 0.3) is 5.91 Å². The molecule has 1 atom stereocenters. The normalized spacial score (nSPS) is 16.8. The minimum Gasteiger partial charge on any atom is -0.493 e. The number of ether oxygens (including phenoxy) is 2. The third-order valence-electron chi connectivity index (χ3n) is 5.11. The molecule has 2 aromatic carbocycles. The number of carbonyl (C=O) groups is 1. The highest BCUT2D eigenvalue weighted by Crippen LogP contribution is 2.25. The van der Waals surface area contributed by atoms with Gasteiger partial charge in [0.2, 0.25) is 5.55 Å². The highest BCUT2D eigenvalue weighted by molar-refractivity contribution is 5.97. The summed E-state index contributed by atoms with van der Waals surface area (Å²) in [5.74, 6) is -0.222. The van der Waals surface area contributed by atoms with Gasteiger partial charge < -0.3 is 19.2 Å². The molecule has 2 heterocycles. The monoisotopic (exact) mass is 410 g/mol. The molecule has 1 N–H and O–H groups in total. The quantitative estimate of drug-likeness (QED) is 0.689. The first-order chi connectivity index (χ1) is 14.5. The molecular weight excluding hydrogens is 387 g/mol. The first-order valence-corrected chi connectivity index (χ1v) is 9.86. The van der Waals surface area contributed by atoms with Crippen LogP contribution in [0, 0.1) is 12.7 Å². The average molecular weight is 410 g/mol. The Morgan fingerprint density at radius 3 is 2.93 bits per heavy atom. The lowest BCUT2D eigenvalue weighted by Crippen LogP contribution is -2.34. The Balaban J connectivity index is 1.82. The molecule has 4 rings (SSSR count). The molecule has 30 heavy (non-hydrogen) atoms. The zero-order valence-electron chi connectivity index (χ0n) is 16.9. The van der Waals surface area contributed by atoms with Crippen molar-refractivity contribution in [2.45, 2.75) is 25.9 Å². The Kier molecular flexibility index (Phi) is 5.81. The molecule has 0 radical (unpaired) electrons. The molecule has 1 saturated heterocycles. The van der Waals surface area contributed by atoms with E-state index in [0.717, 1.165) is 18.4 Å². The number of carbonyl (C=O) groups excluding carboxylic acids is 1. The minimum absolute atomic E-state index is 0.0114. The number of aryl methyl sites for hydroxylation is 1. The van der Waals surface area contributed by atoms with Crippen molar-refractivity contribution >= 4 is 22.6 Å². The Morgan fingerprint density at radius 2 is 2.17 bits per heavy atom. The van der Waals surface area contributed by atoms with Gasteiger partial charge in [0, 0.05) is 18.5 Å². The Bertz CT molecular complexity index is 1150. The number of hydrogen-bond acceptors (Lipinski definition) is 5. The third-order valence-corrected chi connectivity index (χ3v) is 5.11. The highest BCUT2D eigenvalue weighted by atomic mass is 19.1. The SMILES string of the molecule is COc1cccc2cc(C(=O)NC[C@H]3CCCO3)c(=Nc3cc(F)ccc3C)oc12. The summed E-state index contributed by atoms with van der Waals surface area (Å²) in [6, 6.07) is 11.4. The molecule has 0 bridgehead atoms. The molecule has 1 aliphatic rings. The van der Waals surface area contributed by atoms with E-state index in [1.165, 1.54) is 12.1 Å². The lowest BCUT2D eigenvalue weighted by Gasteiger charge is -2.12. The van der Waals surface area contributed by atoms with E-state index in [0.29, 0.717) is 35.6 Å². The zero-order chi connectivity index (χ0) is 21.1. The number of fused-ring (bicyclic) bond motifs is 1. The second-order valence-corrected chi connectivity index (χ2v) is 7.23. The number of hydrogen-bond donors (Lipinski definition) is 1. The van der Waals surface area contributed by atoms with Crippen LogP contribution in [0.2, 0.25) is 0 Å². The van der Waals surface area contributed by atoms with Gasteiger partial charge in [-0.15, -0.1) is 0 Å². The van der Waals surface area contributed by atoms with Crippen LogP contribution in [0.4, 0.5) is 10.1 Å². The van der Waals surface area contributed by atoms with Crippen LogP contribution < -0.4 is 15.6 Å². The predicted octanol–water partition coefficient (Wildman–Crippen LogP) is 4.03. The van der Waals surface area contributed by atoms with E-state index in [2.05, 4.69) is 10.3 Å². The molecule has 3 aromatic rings. The van der Waals surface area contributed by atoms with Gasteiger partial charge in [0.15, 0.2) is 11.3 Å². The van der Waals surface area contributed by atoms with E-state index in [9.17, 15) is 9.18 Å². The van der Waals surface area contributed by atoms with Gasteiger partial charge in [-0.25, -0.2) is 9.38 Å². The maximum Gasteiger partial charge on any atom is 0.256 e. The summed E-state index contributed by atoms with van der Waals surface area (Å²) in [6.45, 7) is 2.94. The summed E-state index contributed by atoms with van der Waals surface area (Å²) in [5, 5.41) is 3.60. The number of halogens is 1. The molecule has 0 aliphatic carbocycles. The van der Waals surface area contributed by atoms with E-state index >= 15 is 0 Å². The van der Waals surface area contributed by atoms with E-state index in [-0.39, 0.29) is 23.1 Å². The number of methoxy groups -OCH3 is 1. The van der Waals surface area contributed by atoms with Gasteiger partial charge in [-0.3, -0.25) is 4.79 Å². The predicted molar refractivity (Wildman–Crippen MR) is 110 cm³/mol. The smallest absolute Gasteiger partial charge is 0.256 e. The first kappa shape index (κ1) is 20.1. The fourth-order valence-electron chi connectivity index (χ4n) is 3.45. The van der Waals surface area contributed by atoms with E-state index in [1.807, 2.05) is 19.1 Å². The summed E-state index contributed by atoms with van der Waals surface area (Å²) < 4.78 is 30.7. The second-order valence-electron chi connectivity index (χ2n) is 7.23. The van der Waals surface area contributed by atoms with E-state index in [4.69, 9.17) is 13.9 Å². The van der Waals surface area contributed by atoms with E-state index in [1.54, 1.807) is 25.3 Å². The highest BCUT2D eigenvalue weighted by Gasteiger charge is 2.19. The van der Waals surface area contributed by atoms with E-state index < -0.39 is 5.82 Å². The largest absolute Gasteiger partial charge is 0.493 e. The number of para-hydroxylation sites is 1. The van der Waals surface area contributed by atoms with Crippen molar-refractivity contribution < 1.29 is 23.1 Å². The number of rotatable bonds is 5. The van der Waals surface area contributed by atoms with Crippen molar-refractivity contribution in [3.63, 3.8) is 0 Å². The van der Waals surface area contributed by atoms with Crippen LogP contribution in [-0.4, -0.2) is 32.3 Å². The Morgan fingerprint density at radius 1 is 1.30 bits per heavy atom. The third kappa shape index (κ3) is 4.21. The van der Waals surface area contributed by atoms with Gasteiger partial charge >= 0.3 is 0 Å². The zero-order valence-corrected chi connectivity index (χ0v) is 16.9. The molecule has 0 unspecified atom stereocenters. The summed E-state index contributed by atoms with van der Waals surface area (Å²) in [6.07, 6.45) is 1.92. The number of amides is 1. The van der Waals surface area contributed by atoms with Crippen LogP contribution in [0.15, 0.2) is 51.9 Å². The van der Waals surface area contributed by atoms with Crippen LogP contribution in [0.3, 0.4) is 0 Å². The van der Waals surface area contributed by atoms with Crippen molar-refractivity contribution in [3.05, 3.63) is 65.0 Å². The standard InChI is InChI=1S/C23H23FN2O4/c1-14-8-9-16(24)12-19(14)26-23-18(22(27)25-13-17-6-4-10-29-17)11-15-5-3-7-20(28-2)21(15)30-23/h3,5,7-9,11-12,17H,4,6,10,13H2,1-2H3,(H,25,27)/t17-/m1/s1. The average Bonchev–Trinajstić information content (AvgIpc) is 3.27. The summed E-state index contributed by atoms with van der Waals surface area (Å²) in [5.41, 5.74) is 1.96. The molecule has 6 nitrogen and oxygen atoms in total. The summed E-state index contributed by atoms with van der Waals surface area (Å²) >= 11 is 0. The number of benzene rings is 2. The molecule has 1 aromatic heterocycles. The van der Waals surface area contributed by atoms with Crippen molar-refractivity contribution in [3.8, 4) is 5.75 Å². The first-order valence-electron chi connectivity index (χ1n) is 9.86. The minimum atomic E-state index is -0.415. The molecule has 0 saturated carbocycles. The van der Waals surface area contributed by atoms with Crippen molar-refractivity contribution in [2.75, 3.05) is 20.3 Å². The van der Waals surface area contributed by atoms with Crippen LogP contribution >= 0.6 is 0 Å². The fourth-order valence-corrected chi connectivity index (χ4v) is 3.45. The van der Waals surface area contributed by atoms with Gasteiger partial charge in [-0.1, -0.05) is 18.2 Å². The maximum absolute atomic E-state index is 13.8. The van der Waals surface area contributed by atoms with Gasteiger partial charge in [-0.2, -0.15) is 0 Å². The molecule has 156 valence electrons. The molecule has 1 amide bonds. The van der Waals surface area contributed by atoms with Gasteiger partial charge in [-0.05, 0) is 49.6 Å². The maximum atomic E-state index is 13.8. The second kappa shape index (κ2) is 8.67. The van der Waals surface area contributed by atoms with Crippen molar-refractivity contribution in [2.24, 2.45) is 4.99 Å². The fraction of sp³-hybridized carbons (Fsp3) is 0.304. The summed E-state index contributed by atoms with van der Waals surface area (Å²) in [7, 11) is 1.54. The number of nitrogens with one attached hydrogen (secondary N) is 1. The molecule has 1 fully saturated rings. The van der Waals surface area contributed by atoms with Crippen LogP contribution in [0.25, 0.3) is 11.0 Å². The molecule has 7 heteroatoms. The van der Waals surface area contributed by atoms with Crippen LogP contribution in [0.5, 0.6) is 5.75 Å². The lowest BCUT2D eigenvalue weighted by atomic mass is 10.1. The Hall–Kier alpha value is -3.19.